The lowest BCUT2D eigenvalue weighted by Crippen LogP contribution is -1.95. The molecule has 3 aromatic carbocycles. The number of pyridine rings is 1. The number of nitrogens with zero attached hydrogens (tertiary/aromatic N) is 2. The maximum atomic E-state index is 6.23. The van der Waals surface area contributed by atoms with Gasteiger partial charge in [-0.2, -0.15) is 5.10 Å². The van der Waals surface area contributed by atoms with Crippen LogP contribution in [0.4, 0.5) is 11.5 Å². The fourth-order valence-corrected chi connectivity index (χ4v) is 3.57. The van der Waals surface area contributed by atoms with E-state index < -0.39 is 0 Å². The number of fused-ring (bicyclic) bond motifs is 2. The molecule has 0 aliphatic heterocycles. The Bertz CT molecular complexity index is 1310. The third kappa shape index (κ3) is 3.38. The lowest BCUT2D eigenvalue weighted by Gasteiger charge is -2.13. The van der Waals surface area contributed by atoms with Gasteiger partial charge in [0.05, 0.1) is 11.7 Å². The van der Waals surface area contributed by atoms with E-state index in [2.05, 4.69) is 51.7 Å². The van der Waals surface area contributed by atoms with Gasteiger partial charge in [-0.05, 0) is 47.7 Å². The Morgan fingerprint density at radius 3 is 2.76 bits per heavy atom. The van der Waals surface area contributed by atoms with Gasteiger partial charge in [0, 0.05) is 28.7 Å². The molecule has 2 heterocycles. The van der Waals surface area contributed by atoms with Gasteiger partial charge in [-0.3, -0.25) is 5.10 Å². The summed E-state index contributed by atoms with van der Waals surface area (Å²) in [4.78, 5) is 4.42. The third-order valence-electron chi connectivity index (χ3n) is 5.03. The number of nitrogens with one attached hydrogen (secondary N) is 2. The predicted molar refractivity (Wildman–Crippen MR) is 117 cm³/mol. The quantitative estimate of drug-likeness (QED) is 0.380. The molecule has 0 aliphatic rings. The first-order valence-corrected chi connectivity index (χ1v) is 9.65. The molecule has 2 aromatic heterocycles. The molecule has 29 heavy (non-hydrogen) atoms. The molecule has 0 unspecified atom stereocenters. The number of benzene rings is 3. The predicted octanol–water partition coefficient (Wildman–Crippen LogP) is 6.21. The molecule has 0 amide bonds. The molecule has 2 N–H and O–H groups in total. The SMILES string of the molecule is CCc1ccc(Oc2ccnc(Nc3ccc4[nH]ncc4c3)c2)c2ccccc12. The van der Waals surface area contributed by atoms with Gasteiger partial charge in [-0.25, -0.2) is 4.98 Å². The van der Waals surface area contributed by atoms with E-state index >= 15 is 0 Å². The average Bonchev–Trinajstić information content (AvgIpc) is 3.22. The summed E-state index contributed by atoms with van der Waals surface area (Å²) in [5.74, 6) is 2.30. The molecule has 0 aliphatic carbocycles. The number of hydrogen-bond acceptors (Lipinski definition) is 4. The average molecular weight is 380 g/mol. The van der Waals surface area contributed by atoms with E-state index in [-0.39, 0.29) is 0 Å². The van der Waals surface area contributed by atoms with Crippen LogP contribution in [0.25, 0.3) is 21.7 Å². The highest BCUT2D eigenvalue weighted by Crippen LogP contribution is 2.33. The van der Waals surface area contributed by atoms with Gasteiger partial charge >= 0.3 is 0 Å². The van der Waals surface area contributed by atoms with Gasteiger partial charge < -0.3 is 10.1 Å². The molecular weight excluding hydrogens is 360 g/mol. The Kier molecular flexibility index (Phi) is 4.33. The van der Waals surface area contributed by atoms with Crippen LogP contribution in [0.5, 0.6) is 11.5 Å². The van der Waals surface area contributed by atoms with Crippen LogP contribution in [0.15, 0.2) is 79.1 Å². The zero-order chi connectivity index (χ0) is 19.6. The molecule has 5 rings (SSSR count). The van der Waals surface area contributed by atoms with Gasteiger partial charge in [0.25, 0.3) is 0 Å². The summed E-state index contributed by atoms with van der Waals surface area (Å²) < 4.78 is 6.23. The van der Waals surface area contributed by atoms with Crippen LogP contribution in [0.2, 0.25) is 0 Å². The van der Waals surface area contributed by atoms with Crippen molar-refractivity contribution < 1.29 is 4.74 Å². The molecule has 0 spiro atoms. The Hall–Kier alpha value is -3.86. The number of rotatable bonds is 5. The van der Waals surface area contributed by atoms with E-state index in [1.54, 1.807) is 12.4 Å². The second kappa shape index (κ2) is 7.28. The van der Waals surface area contributed by atoms with Crippen molar-refractivity contribution in [3.05, 3.63) is 84.7 Å². The van der Waals surface area contributed by atoms with Gasteiger partial charge in [0.15, 0.2) is 0 Å². The second-order valence-corrected chi connectivity index (χ2v) is 6.90. The van der Waals surface area contributed by atoms with Crippen LogP contribution >= 0.6 is 0 Å². The number of H-pyrrole nitrogens is 1. The van der Waals surface area contributed by atoms with Crippen molar-refractivity contribution in [2.75, 3.05) is 5.32 Å². The lowest BCUT2D eigenvalue weighted by atomic mass is 10.0. The Balaban J connectivity index is 1.44. The van der Waals surface area contributed by atoms with Gasteiger partial charge in [-0.1, -0.05) is 37.3 Å². The van der Waals surface area contributed by atoms with E-state index in [1.807, 2.05) is 42.5 Å². The van der Waals surface area contributed by atoms with E-state index in [9.17, 15) is 0 Å². The van der Waals surface area contributed by atoms with Crippen molar-refractivity contribution in [2.24, 2.45) is 0 Å². The molecule has 0 bridgehead atoms. The summed E-state index contributed by atoms with van der Waals surface area (Å²) in [5.41, 5.74) is 3.27. The fraction of sp³-hybridized carbons (Fsp3) is 0.0833. The summed E-state index contributed by atoms with van der Waals surface area (Å²) in [6.45, 7) is 2.17. The van der Waals surface area contributed by atoms with E-state index in [0.717, 1.165) is 45.7 Å². The molecule has 5 nitrogen and oxygen atoms in total. The monoisotopic (exact) mass is 380 g/mol. The highest BCUT2D eigenvalue weighted by Gasteiger charge is 2.08. The summed E-state index contributed by atoms with van der Waals surface area (Å²) in [7, 11) is 0. The summed E-state index contributed by atoms with van der Waals surface area (Å²) in [6.07, 6.45) is 4.54. The number of aryl methyl sites for hydroxylation is 1. The number of hydrogen-bond donors (Lipinski definition) is 2. The summed E-state index contributed by atoms with van der Waals surface area (Å²) in [5, 5.41) is 13.7. The van der Waals surface area contributed by atoms with Crippen molar-refractivity contribution in [1.29, 1.82) is 0 Å². The normalized spacial score (nSPS) is 11.1. The van der Waals surface area contributed by atoms with Crippen LogP contribution in [-0.4, -0.2) is 15.2 Å². The molecule has 5 aromatic rings. The smallest absolute Gasteiger partial charge is 0.135 e. The minimum Gasteiger partial charge on any atom is -0.457 e. The minimum atomic E-state index is 0.722. The van der Waals surface area contributed by atoms with Crippen LogP contribution in [0.1, 0.15) is 12.5 Å². The maximum absolute atomic E-state index is 6.23. The second-order valence-electron chi connectivity index (χ2n) is 6.90. The van der Waals surface area contributed by atoms with E-state index in [1.165, 1.54) is 10.9 Å². The Morgan fingerprint density at radius 1 is 0.966 bits per heavy atom. The zero-order valence-corrected chi connectivity index (χ0v) is 16.0. The molecule has 0 saturated carbocycles. The van der Waals surface area contributed by atoms with Crippen LogP contribution in [0, 0.1) is 0 Å². The zero-order valence-electron chi connectivity index (χ0n) is 16.0. The number of aromatic amines is 1. The van der Waals surface area contributed by atoms with E-state index in [4.69, 9.17) is 4.74 Å². The van der Waals surface area contributed by atoms with Crippen molar-refractivity contribution in [2.45, 2.75) is 13.3 Å². The van der Waals surface area contributed by atoms with Crippen molar-refractivity contribution in [1.82, 2.24) is 15.2 Å². The minimum absolute atomic E-state index is 0.722. The topological polar surface area (TPSA) is 62.8 Å². The largest absolute Gasteiger partial charge is 0.457 e. The van der Waals surface area contributed by atoms with Crippen molar-refractivity contribution in [3.8, 4) is 11.5 Å². The summed E-state index contributed by atoms with van der Waals surface area (Å²) in [6, 6.07) is 22.3. The molecule has 142 valence electrons. The number of ether oxygens (including phenoxy) is 1. The molecule has 0 atom stereocenters. The Morgan fingerprint density at radius 2 is 1.86 bits per heavy atom. The van der Waals surface area contributed by atoms with Crippen LogP contribution < -0.4 is 10.1 Å². The van der Waals surface area contributed by atoms with E-state index in [0.29, 0.717) is 0 Å². The van der Waals surface area contributed by atoms with Crippen LogP contribution in [0.3, 0.4) is 0 Å². The Labute approximate surface area is 168 Å². The molecular formula is C24H20N4O. The van der Waals surface area contributed by atoms with Gasteiger partial charge in [0.2, 0.25) is 0 Å². The molecule has 0 radical (unpaired) electrons. The first-order valence-electron chi connectivity index (χ1n) is 9.65. The lowest BCUT2D eigenvalue weighted by molar-refractivity contribution is 0.488. The number of aromatic nitrogens is 3. The van der Waals surface area contributed by atoms with Crippen molar-refractivity contribution >= 4 is 33.2 Å². The number of anilines is 2. The highest BCUT2D eigenvalue weighted by molar-refractivity contribution is 5.91. The molecule has 0 fully saturated rings. The highest BCUT2D eigenvalue weighted by atomic mass is 16.5. The standard InChI is InChI=1S/C24H20N4O/c1-2-16-7-10-23(21-6-4-3-5-20(16)21)29-19-11-12-25-24(14-19)27-18-8-9-22-17(13-18)15-26-28-22/h3-15H,2H2,1H3,(H,25,27)(H,26,28). The fourth-order valence-electron chi connectivity index (χ4n) is 3.57. The van der Waals surface area contributed by atoms with Crippen LogP contribution in [-0.2, 0) is 6.42 Å². The summed E-state index contributed by atoms with van der Waals surface area (Å²) >= 11 is 0. The van der Waals surface area contributed by atoms with Gasteiger partial charge in [0.1, 0.15) is 17.3 Å². The molecule has 5 heteroatoms. The van der Waals surface area contributed by atoms with Crippen molar-refractivity contribution in [3.63, 3.8) is 0 Å². The molecule has 0 saturated heterocycles. The first-order chi connectivity index (χ1) is 14.3. The first kappa shape index (κ1) is 17.3. The maximum Gasteiger partial charge on any atom is 0.135 e. The third-order valence-corrected chi connectivity index (χ3v) is 5.03. The van der Waals surface area contributed by atoms with Gasteiger partial charge in [-0.15, -0.1) is 0 Å².